The molecule has 0 saturated carbocycles. The number of rotatable bonds is 2. The molecule has 1 aromatic rings. The van der Waals surface area contributed by atoms with Crippen LogP contribution in [0.5, 0.6) is 0 Å². The number of aliphatic imine (C=N–C) groups is 1. The lowest BCUT2D eigenvalue weighted by Crippen LogP contribution is -2.50. The van der Waals surface area contributed by atoms with E-state index in [1.165, 1.54) is 0 Å². The van der Waals surface area contributed by atoms with Crippen molar-refractivity contribution in [1.29, 1.82) is 0 Å². The number of thiocarbonyl (C=S) groups is 1. The molecule has 0 aromatic carbocycles. The third-order valence-corrected chi connectivity index (χ3v) is 3.28. The Kier molecular flexibility index (Phi) is 5.11. The molecule has 1 aliphatic heterocycles. The summed E-state index contributed by atoms with van der Waals surface area (Å²) in [6.07, 6.45) is 1.50. The average molecular weight is 320 g/mol. The zero-order valence-corrected chi connectivity index (χ0v) is 13.9. The van der Waals surface area contributed by atoms with Crippen LogP contribution in [-0.2, 0) is 4.74 Å². The average Bonchev–Trinajstić information content (AvgIpc) is 2.47. The van der Waals surface area contributed by atoms with Crippen LogP contribution in [0.25, 0.3) is 0 Å². The van der Waals surface area contributed by atoms with Crippen LogP contribution >= 0.6 is 12.2 Å². The molecule has 2 heterocycles. The zero-order chi connectivity index (χ0) is 16.2. The van der Waals surface area contributed by atoms with Crippen LogP contribution in [0.4, 0.5) is 16.3 Å². The fourth-order valence-corrected chi connectivity index (χ4v) is 2.25. The van der Waals surface area contributed by atoms with Gasteiger partial charge in [0.2, 0.25) is 0 Å². The fraction of sp³-hybridized carbons (Fsp3) is 0.533. The Morgan fingerprint density at radius 1 is 1.32 bits per heavy atom. The molecule has 0 radical (unpaired) electrons. The van der Waals surface area contributed by atoms with Gasteiger partial charge < -0.3 is 14.5 Å². The quantitative estimate of drug-likeness (QED) is 0.619. The zero-order valence-electron chi connectivity index (χ0n) is 13.1. The number of carbonyl (C=O) groups excluding carboxylic acids is 1. The van der Waals surface area contributed by atoms with Crippen molar-refractivity contribution in [2.75, 3.05) is 31.1 Å². The standard InChI is InChI=1S/C15H20N4O2S/c1-15(2,3)21-14(20)19-8-6-18(7-9-19)12-4-5-13(16-10-12)17-11-22/h4-5,10H,6-9H2,1-3H3. The second-order valence-electron chi connectivity index (χ2n) is 6.03. The van der Waals surface area contributed by atoms with Crippen molar-refractivity contribution >= 4 is 35.0 Å². The van der Waals surface area contributed by atoms with E-state index in [0.717, 1.165) is 18.8 Å². The smallest absolute Gasteiger partial charge is 0.410 e. The van der Waals surface area contributed by atoms with Crippen molar-refractivity contribution in [1.82, 2.24) is 9.88 Å². The number of isothiocyanates is 1. The lowest BCUT2D eigenvalue weighted by molar-refractivity contribution is 0.0240. The fourth-order valence-electron chi connectivity index (χ4n) is 2.15. The van der Waals surface area contributed by atoms with Crippen LogP contribution in [0.3, 0.4) is 0 Å². The molecule has 0 atom stereocenters. The number of carbonyl (C=O) groups is 1. The first-order chi connectivity index (χ1) is 10.4. The molecule has 0 spiro atoms. The van der Waals surface area contributed by atoms with Crippen LogP contribution in [0.2, 0.25) is 0 Å². The molecule has 22 heavy (non-hydrogen) atoms. The predicted octanol–water partition coefficient (Wildman–Crippen LogP) is 2.87. The second kappa shape index (κ2) is 6.85. The van der Waals surface area contributed by atoms with E-state index in [9.17, 15) is 4.79 Å². The van der Waals surface area contributed by atoms with E-state index in [0.29, 0.717) is 18.9 Å². The molecule has 6 nitrogen and oxygen atoms in total. The Balaban J connectivity index is 1.91. The molecule has 0 bridgehead atoms. The molecule has 118 valence electrons. The van der Waals surface area contributed by atoms with Gasteiger partial charge in [0.05, 0.1) is 17.0 Å². The van der Waals surface area contributed by atoms with Gasteiger partial charge in [0.25, 0.3) is 0 Å². The van der Waals surface area contributed by atoms with Gasteiger partial charge in [-0.1, -0.05) is 0 Å². The summed E-state index contributed by atoms with van der Waals surface area (Å²) in [4.78, 5) is 24.0. The predicted molar refractivity (Wildman–Crippen MR) is 88.9 cm³/mol. The Hall–Kier alpha value is -1.98. The molecule has 1 aliphatic rings. The Morgan fingerprint density at radius 2 is 2.00 bits per heavy atom. The van der Waals surface area contributed by atoms with E-state index in [1.54, 1.807) is 17.2 Å². The number of hydrogen-bond acceptors (Lipinski definition) is 6. The highest BCUT2D eigenvalue weighted by Crippen LogP contribution is 2.19. The largest absolute Gasteiger partial charge is 0.444 e. The highest BCUT2D eigenvalue weighted by atomic mass is 32.1. The van der Waals surface area contributed by atoms with Crippen molar-refractivity contribution in [3.05, 3.63) is 18.3 Å². The monoisotopic (exact) mass is 320 g/mol. The molecule has 1 saturated heterocycles. The van der Waals surface area contributed by atoms with Crippen molar-refractivity contribution < 1.29 is 9.53 Å². The van der Waals surface area contributed by atoms with Gasteiger partial charge >= 0.3 is 6.09 Å². The first-order valence-corrected chi connectivity index (χ1v) is 7.57. The van der Waals surface area contributed by atoms with E-state index < -0.39 is 5.60 Å². The van der Waals surface area contributed by atoms with Gasteiger partial charge in [-0.05, 0) is 45.1 Å². The molecule has 0 N–H and O–H groups in total. The van der Waals surface area contributed by atoms with Gasteiger partial charge in [-0.2, -0.15) is 4.99 Å². The van der Waals surface area contributed by atoms with E-state index in [2.05, 4.69) is 32.3 Å². The topological polar surface area (TPSA) is 58.0 Å². The number of pyridine rings is 1. The molecule has 2 rings (SSSR count). The number of nitrogens with zero attached hydrogens (tertiary/aromatic N) is 4. The maximum Gasteiger partial charge on any atom is 0.410 e. The first-order valence-electron chi connectivity index (χ1n) is 7.16. The summed E-state index contributed by atoms with van der Waals surface area (Å²) in [7, 11) is 0. The first kappa shape index (κ1) is 16.4. The van der Waals surface area contributed by atoms with Crippen molar-refractivity contribution in [3.8, 4) is 0 Å². The van der Waals surface area contributed by atoms with E-state index in [1.807, 2.05) is 26.8 Å². The summed E-state index contributed by atoms with van der Waals surface area (Å²) in [5.41, 5.74) is 0.545. The number of hydrogen-bond donors (Lipinski definition) is 0. The number of piperazine rings is 1. The normalized spacial score (nSPS) is 15.2. The third kappa shape index (κ3) is 4.51. The van der Waals surface area contributed by atoms with E-state index >= 15 is 0 Å². The lowest BCUT2D eigenvalue weighted by atomic mass is 10.2. The van der Waals surface area contributed by atoms with Gasteiger partial charge in [-0.15, -0.1) is 0 Å². The Labute approximate surface area is 135 Å². The van der Waals surface area contributed by atoms with Crippen molar-refractivity contribution in [3.63, 3.8) is 0 Å². The van der Waals surface area contributed by atoms with Gasteiger partial charge in [0.15, 0.2) is 5.82 Å². The van der Waals surface area contributed by atoms with Crippen LogP contribution in [0.1, 0.15) is 20.8 Å². The summed E-state index contributed by atoms with van der Waals surface area (Å²) in [6, 6.07) is 3.75. The van der Waals surface area contributed by atoms with Crippen LogP contribution < -0.4 is 4.90 Å². The van der Waals surface area contributed by atoms with Crippen molar-refractivity contribution in [2.24, 2.45) is 4.99 Å². The maximum absolute atomic E-state index is 12.0. The van der Waals surface area contributed by atoms with Gasteiger partial charge in [-0.25, -0.2) is 9.78 Å². The van der Waals surface area contributed by atoms with Gasteiger partial charge in [0, 0.05) is 26.2 Å². The number of amides is 1. The summed E-state index contributed by atoms with van der Waals surface area (Å²) in [5.74, 6) is 0.547. The van der Waals surface area contributed by atoms with E-state index in [4.69, 9.17) is 4.74 Å². The minimum absolute atomic E-state index is 0.254. The van der Waals surface area contributed by atoms with Crippen LogP contribution in [0.15, 0.2) is 23.3 Å². The molecule has 0 unspecified atom stereocenters. The highest BCUT2D eigenvalue weighted by Gasteiger charge is 2.25. The lowest BCUT2D eigenvalue weighted by Gasteiger charge is -2.36. The molecule has 1 aromatic heterocycles. The second-order valence-corrected chi connectivity index (χ2v) is 6.21. The highest BCUT2D eigenvalue weighted by molar-refractivity contribution is 7.78. The Morgan fingerprint density at radius 3 is 2.50 bits per heavy atom. The van der Waals surface area contributed by atoms with Gasteiger partial charge in [0.1, 0.15) is 5.60 Å². The minimum atomic E-state index is -0.462. The maximum atomic E-state index is 12.0. The third-order valence-electron chi connectivity index (χ3n) is 3.19. The number of ether oxygens (including phenoxy) is 1. The number of anilines is 1. The summed E-state index contributed by atoms with van der Waals surface area (Å²) < 4.78 is 5.39. The van der Waals surface area contributed by atoms with Gasteiger partial charge in [-0.3, -0.25) is 0 Å². The summed E-state index contributed by atoms with van der Waals surface area (Å²) in [6.45, 7) is 8.38. The number of aromatic nitrogens is 1. The van der Waals surface area contributed by atoms with Crippen LogP contribution in [-0.4, -0.2) is 52.9 Å². The molecular formula is C15H20N4O2S. The molecule has 1 amide bonds. The summed E-state index contributed by atoms with van der Waals surface area (Å²) in [5, 5.41) is 2.29. The van der Waals surface area contributed by atoms with E-state index in [-0.39, 0.29) is 6.09 Å². The SMILES string of the molecule is CC(C)(C)OC(=O)N1CCN(c2ccc(N=C=S)nc2)CC1. The molecule has 1 fully saturated rings. The Bertz CT molecular complexity index is 568. The summed E-state index contributed by atoms with van der Waals surface area (Å²) >= 11 is 4.55. The van der Waals surface area contributed by atoms with Crippen LogP contribution in [0, 0.1) is 0 Å². The molecule has 0 aliphatic carbocycles. The van der Waals surface area contributed by atoms with Crippen molar-refractivity contribution in [2.45, 2.75) is 26.4 Å². The molecule has 7 heteroatoms. The molecular weight excluding hydrogens is 300 g/mol. The minimum Gasteiger partial charge on any atom is -0.444 e.